The van der Waals surface area contributed by atoms with E-state index in [1.165, 1.54) is 4.90 Å². The molecule has 3 heterocycles. The lowest BCUT2D eigenvalue weighted by molar-refractivity contribution is -0.150. The van der Waals surface area contributed by atoms with Gasteiger partial charge in [-0.2, -0.15) is 18.3 Å². The number of alkyl halides is 4. The summed E-state index contributed by atoms with van der Waals surface area (Å²) < 4.78 is 58.6. The Bertz CT molecular complexity index is 1110. The lowest BCUT2D eigenvalue weighted by atomic mass is 9.86. The number of nitrogens with zero attached hydrogens (tertiary/aromatic N) is 3. The summed E-state index contributed by atoms with van der Waals surface area (Å²) in [5, 5.41) is 6.79. The number of halogens is 4. The minimum absolute atomic E-state index is 0.142. The fourth-order valence-electron chi connectivity index (χ4n) is 5.05. The van der Waals surface area contributed by atoms with E-state index in [1.54, 1.807) is 12.4 Å². The predicted molar refractivity (Wildman–Crippen MR) is 125 cm³/mol. The Morgan fingerprint density at radius 2 is 1.86 bits per heavy atom. The van der Waals surface area contributed by atoms with Gasteiger partial charge in [-0.05, 0) is 40.8 Å². The first-order valence-corrected chi connectivity index (χ1v) is 11.8. The zero-order chi connectivity index (χ0) is 24.4. The molecule has 0 aliphatic carbocycles. The van der Waals surface area contributed by atoms with Gasteiger partial charge < -0.3 is 4.74 Å². The predicted octanol–water partition coefficient (Wildman–Crippen LogP) is 4.87. The molecule has 1 N–H and O–H groups in total. The molecule has 1 fully saturated rings. The van der Waals surface area contributed by atoms with Gasteiger partial charge in [0.1, 0.15) is 12.4 Å². The van der Waals surface area contributed by atoms with E-state index in [4.69, 9.17) is 4.74 Å². The summed E-state index contributed by atoms with van der Waals surface area (Å²) in [5.41, 5.74) is 4.67. The Hall–Kier alpha value is -2.91. The van der Waals surface area contributed by atoms with Crippen LogP contribution >= 0.6 is 0 Å². The fourth-order valence-corrected chi connectivity index (χ4v) is 5.05. The SMILES string of the molecule is FCC1CN(CCOc2ccc([C@H]3c4ccc(-c5cn[nH]c5)cc4CCN3CC(F)(F)F)cc2)C1. The van der Waals surface area contributed by atoms with Crippen LogP contribution in [0.2, 0.25) is 0 Å². The Morgan fingerprint density at radius 3 is 2.54 bits per heavy atom. The smallest absolute Gasteiger partial charge is 0.401 e. The molecular weight excluding hydrogens is 460 g/mol. The molecule has 2 aliphatic rings. The molecule has 1 aromatic heterocycles. The molecular formula is C26H28F4N4O. The zero-order valence-corrected chi connectivity index (χ0v) is 19.3. The second-order valence-electron chi connectivity index (χ2n) is 9.34. The van der Waals surface area contributed by atoms with Crippen LogP contribution in [0, 0.1) is 5.92 Å². The van der Waals surface area contributed by atoms with Crippen molar-refractivity contribution in [3.05, 3.63) is 71.5 Å². The van der Waals surface area contributed by atoms with E-state index in [0.29, 0.717) is 25.3 Å². The normalized spacial score (nSPS) is 19.4. The van der Waals surface area contributed by atoms with Crippen LogP contribution in [0.3, 0.4) is 0 Å². The van der Waals surface area contributed by atoms with E-state index in [2.05, 4.69) is 21.2 Å². The maximum absolute atomic E-state index is 13.4. The van der Waals surface area contributed by atoms with Crippen molar-refractivity contribution in [2.75, 3.05) is 46.0 Å². The van der Waals surface area contributed by atoms with Gasteiger partial charge in [0, 0.05) is 43.9 Å². The maximum Gasteiger partial charge on any atom is 0.401 e. The summed E-state index contributed by atoms with van der Waals surface area (Å²) >= 11 is 0. The third kappa shape index (κ3) is 5.51. The number of aromatic amines is 1. The number of hydrogen-bond donors (Lipinski definition) is 1. The second-order valence-corrected chi connectivity index (χ2v) is 9.34. The second kappa shape index (κ2) is 9.99. The lowest BCUT2D eigenvalue weighted by Gasteiger charge is -2.38. The van der Waals surface area contributed by atoms with Gasteiger partial charge in [0.15, 0.2) is 0 Å². The third-order valence-corrected chi connectivity index (χ3v) is 6.81. The number of fused-ring (bicyclic) bond motifs is 1. The van der Waals surface area contributed by atoms with Crippen LogP contribution in [0.5, 0.6) is 5.75 Å². The fraction of sp³-hybridized carbons (Fsp3) is 0.423. The number of benzene rings is 2. The van der Waals surface area contributed by atoms with Crippen LogP contribution in [0.1, 0.15) is 22.7 Å². The van der Waals surface area contributed by atoms with Gasteiger partial charge in [0.05, 0.1) is 25.5 Å². The monoisotopic (exact) mass is 488 g/mol. The van der Waals surface area contributed by atoms with Crippen LogP contribution in [-0.4, -0.2) is 72.2 Å². The Kier molecular flexibility index (Phi) is 6.80. The van der Waals surface area contributed by atoms with Gasteiger partial charge in [0.25, 0.3) is 0 Å². The molecule has 2 aliphatic heterocycles. The zero-order valence-electron chi connectivity index (χ0n) is 19.3. The quantitative estimate of drug-likeness (QED) is 0.460. The van der Waals surface area contributed by atoms with Gasteiger partial charge in [-0.3, -0.25) is 19.3 Å². The summed E-state index contributed by atoms with van der Waals surface area (Å²) in [6.07, 6.45) is -0.196. The van der Waals surface area contributed by atoms with E-state index < -0.39 is 18.8 Å². The summed E-state index contributed by atoms with van der Waals surface area (Å²) in [4.78, 5) is 3.64. The highest BCUT2D eigenvalue weighted by Gasteiger charge is 2.37. The Balaban J connectivity index is 1.33. The highest BCUT2D eigenvalue weighted by molar-refractivity contribution is 5.64. The molecule has 0 amide bonds. The van der Waals surface area contributed by atoms with Crippen molar-refractivity contribution < 1.29 is 22.3 Å². The van der Waals surface area contributed by atoms with Crippen molar-refractivity contribution in [1.82, 2.24) is 20.0 Å². The topological polar surface area (TPSA) is 44.4 Å². The minimum Gasteiger partial charge on any atom is -0.492 e. The highest BCUT2D eigenvalue weighted by atomic mass is 19.4. The van der Waals surface area contributed by atoms with Crippen molar-refractivity contribution in [2.45, 2.75) is 18.6 Å². The average molecular weight is 489 g/mol. The van der Waals surface area contributed by atoms with E-state index in [9.17, 15) is 17.6 Å². The molecule has 0 bridgehead atoms. The first-order chi connectivity index (χ1) is 16.9. The molecule has 1 atom stereocenters. The first-order valence-electron chi connectivity index (χ1n) is 11.8. The van der Waals surface area contributed by atoms with Gasteiger partial charge in [-0.25, -0.2) is 0 Å². The Morgan fingerprint density at radius 1 is 1.06 bits per heavy atom. The van der Waals surface area contributed by atoms with Crippen molar-refractivity contribution in [3.8, 4) is 16.9 Å². The van der Waals surface area contributed by atoms with E-state index in [1.807, 2.05) is 36.4 Å². The van der Waals surface area contributed by atoms with Crippen LogP contribution in [0.4, 0.5) is 17.6 Å². The molecule has 186 valence electrons. The number of likely N-dealkylation sites (tertiary alicyclic amines) is 1. The van der Waals surface area contributed by atoms with Crippen molar-refractivity contribution in [3.63, 3.8) is 0 Å². The molecule has 35 heavy (non-hydrogen) atoms. The Labute approximate surface area is 201 Å². The van der Waals surface area contributed by atoms with Gasteiger partial charge in [0.2, 0.25) is 0 Å². The summed E-state index contributed by atoms with van der Waals surface area (Å²) in [6.45, 7) is 1.82. The third-order valence-electron chi connectivity index (χ3n) is 6.81. The molecule has 5 rings (SSSR count). The van der Waals surface area contributed by atoms with E-state index in [0.717, 1.165) is 47.5 Å². The van der Waals surface area contributed by atoms with Gasteiger partial charge >= 0.3 is 6.18 Å². The van der Waals surface area contributed by atoms with Crippen molar-refractivity contribution >= 4 is 0 Å². The molecule has 5 nitrogen and oxygen atoms in total. The molecule has 2 aromatic carbocycles. The number of H-pyrrole nitrogens is 1. The molecule has 3 aromatic rings. The molecule has 0 spiro atoms. The number of hydrogen-bond acceptors (Lipinski definition) is 4. The number of nitrogens with one attached hydrogen (secondary N) is 1. The molecule has 0 saturated carbocycles. The maximum atomic E-state index is 13.4. The average Bonchev–Trinajstić information content (AvgIpc) is 3.35. The van der Waals surface area contributed by atoms with Gasteiger partial charge in [-0.15, -0.1) is 0 Å². The van der Waals surface area contributed by atoms with Crippen molar-refractivity contribution in [2.24, 2.45) is 5.92 Å². The van der Waals surface area contributed by atoms with Crippen LogP contribution < -0.4 is 4.74 Å². The highest BCUT2D eigenvalue weighted by Crippen LogP contribution is 2.39. The summed E-state index contributed by atoms with van der Waals surface area (Å²) in [5.74, 6) is 0.813. The molecule has 0 unspecified atom stereocenters. The van der Waals surface area contributed by atoms with E-state index in [-0.39, 0.29) is 12.6 Å². The number of aromatic nitrogens is 2. The van der Waals surface area contributed by atoms with Crippen molar-refractivity contribution in [1.29, 1.82) is 0 Å². The number of rotatable bonds is 8. The van der Waals surface area contributed by atoms with Crippen LogP contribution in [-0.2, 0) is 6.42 Å². The lowest BCUT2D eigenvalue weighted by Crippen LogP contribution is -2.49. The number of ether oxygens (including phenoxy) is 1. The first kappa shape index (κ1) is 23.8. The van der Waals surface area contributed by atoms with Crippen LogP contribution in [0.15, 0.2) is 54.9 Å². The minimum atomic E-state index is -4.28. The standard InChI is InChI=1S/C26H28F4N4O/c27-12-18-15-33(16-18)9-10-35-23-4-1-19(2-5-23)25-24-6-3-20(22-13-31-32-14-22)11-21(24)7-8-34(25)17-26(28,29)30/h1-6,11,13-14,18,25H,7-10,12,15-17H2,(H,31,32)/t25-/m0/s1. The van der Waals surface area contributed by atoms with Gasteiger partial charge in [-0.1, -0.05) is 30.3 Å². The summed E-state index contributed by atoms with van der Waals surface area (Å²) in [6, 6.07) is 12.8. The molecule has 1 saturated heterocycles. The van der Waals surface area contributed by atoms with Crippen LogP contribution in [0.25, 0.3) is 11.1 Å². The molecule has 0 radical (unpaired) electrons. The van der Waals surface area contributed by atoms with E-state index >= 15 is 0 Å². The molecule has 9 heteroatoms. The summed E-state index contributed by atoms with van der Waals surface area (Å²) in [7, 11) is 0. The largest absolute Gasteiger partial charge is 0.492 e.